The van der Waals surface area contributed by atoms with Crippen molar-refractivity contribution in [2.45, 2.75) is 46.3 Å². The molecule has 0 spiro atoms. The molecular weight excluding hydrogens is 262 g/mol. The van der Waals surface area contributed by atoms with Crippen molar-refractivity contribution in [2.75, 3.05) is 7.05 Å². The normalized spacial score (nSPS) is 11.7. The molecule has 0 amide bonds. The van der Waals surface area contributed by atoms with Crippen LogP contribution in [-0.4, -0.2) is 17.2 Å². The molecular formula is C17H25N3O. The minimum atomic E-state index is 0.164. The Morgan fingerprint density at radius 3 is 2.43 bits per heavy atom. The third-order valence-corrected chi connectivity index (χ3v) is 3.61. The van der Waals surface area contributed by atoms with E-state index in [1.54, 1.807) is 0 Å². The summed E-state index contributed by atoms with van der Waals surface area (Å²) in [7, 11) is 1.93. The summed E-state index contributed by atoms with van der Waals surface area (Å²) in [4.78, 5) is 0. The van der Waals surface area contributed by atoms with E-state index in [1.165, 1.54) is 11.1 Å². The van der Waals surface area contributed by atoms with Gasteiger partial charge in [-0.15, -0.1) is 0 Å². The molecule has 0 saturated carbocycles. The van der Waals surface area contributed by atoms with Crippen LogP contribution in [0.2, 0.25) is 0 Å². The van der Waals surface area contributed by atoms with E-state index in [-0.39, 0.29) is 5.41 Å². The molecule has 114 valence electrons. The van der Waals surface area contributed by atoms with Crippen molar-refractivity contribution in [1.29, 1.82) is 0 Å². The summed E-state index contributed by atoms with van der Waals surface area (Å²) >= 11 is 0. The molecule has 0 radical (unpaired) electrons. The van der Waals surface area contributed by atoms with Gasteiger partial charge in [-0.1, -0.05) is 32.9 Å². The molecule has 0 unspecified atom stereocenters. The number of rotatable bonds is 5. The molecule has 1 aromatic carbocycles. The van der Waals surface area contributed by atoms with Crippen LogP contribution >= 0.6 is 0 Å². The van der Waals surface area contributed by atoms with Crippen molar-refractivity contribution in [3.63, 3.8) is 0 Å². The zero-order chi connectivity index (χ0) is 15.5. The van der Waals surface area contributed by atoms with Crippen LogP contribution in [0.1, 0.15) is 43.3 Å². The lowest BCUT2D eigenvalue weighted by atomic mass is 9.87. The van der Waals surface area contributed by atoms with Crippen molar-refractivity contribution < 1.29 is 4.74 Å². The molecule has 0 saturated heterocycles. The van der Waals surface area contributed by atoms with Crippen molar-refractivity contribution in [3.05, 3.63) is 46.8 Å². The molecule has 0 aliphatic heterocycles. The number of nitrogens with one attached hydrogen (secondary N) is 2. The van der Waals surface area contributed by atoms with Crippen LogP contribution in [-0.2, 0) is 18.6 Å². The molecule has 2 rings (SSSR count). The molecule has 0 atom stereocenters. The molecule has 4 nitrogen and oxygen atoms in total. The molecule has 4 heteroatoms. The van der Waals surface area contributed by atoms with Gasteiger partial charge in [0.1, 0.15) is 18.1 Å². The number of aryl methyl sites for hydroxylation is 1. The standard InChI is InChI=1S/C17H25N3O/c1-12-15(10-18-5)16(20-19-12)11-21-14-8-6-13(7-9-14)17(2,3)4/h6-9,18H,10-11H2,1-5H3,(H,19,20). The molecule has 1 aromatic heterocycles. The first-order valence-corrected chi connectivity index (χ1v) is 7.32. The fourth-order valence-corrected chi connectivity index (χ4v) is 2.24. The summed E-state index contributed by atoms with van der Waals surface area (Å²) < 4.78 is 5.85. The SMILES string of the molecule is CNCc1c(COc2ccc(C(C)(C)C)cc2)n[nH]c1C. The molecule has 0 bridgehead atoms. The fraction of sp³-hybridized carbons (Fsp3) is 0.471. The van der Waals surface area contributed by atoms with Crippen LogP contribution in [0.3, 0.4) is 0 Å². The average molecular weight is 287 g/mol. The van der Waals surface area contributed by atoms with Crippen molar-refractivity contribution in [3.8, 4) is 5.75 Å². The van der Waals surface area contributed by atoms with E-state index in [9.17, 15) is 0 Å². The summed E-state index contributed by atoms with van der Waals surface area (Å²) in [6, 6.07) is 8.30. The zero-order valence-corrected chi connectivity index (χ0v) is 13.6. The molecule has 2 aromatic rings. The lowest BCUT2D eigenvalue weighted by Crippen LogP contribution is -2.11. The third kappa shape index (κ3) is 3.85. The smallest absolute Gasteiger partial charge is 0.132 e. The second kappa shape index (κ2) is 6.31. The van der Waals surface area contributed by atoms with Gasteiger partial charge in [0.25, 0.3) is 0 Å². The minimum absolute atomic E-state index is 0.164. The second-order valence-electron chi connectivity index (χ2n) is 6.37. The topological polar surface area (TPSA) is 49.9 Å². The van der Waals surface area contributed by atoms with Crippen LogP contribution in [0, 0.1) is 6.92 Å². The third-order valence-electron chi connectivity index (χ3n) is 3.61. The van der Waals surface area contributed by atoms with Gasteiger partial charge in [-0.2, -0.15) is 5.10 Å². The first kappa shape index (κ1) is 15.6. The van der Waals surface area contributed by atoms with Gasteiger partial charge in [-0.3, -0.25) is 5.10 Å². The lowest BCUT2D eigenvalue weighted by Gasteiger charge is -2.19. The van der Waals surface area contributed by atoms with Crippen molar-refractivity contribution in [2.24, 2.45) is 0 Å². The van der Waals surface area contributed by atoms with Crippen molar-refractivity contribution in [1.82, 2.24) is 15.5 Å². The monoisotopic (exact) mass is 287 g/mol. The highest BCUT2D eigenvalue weighted by Gasteiger charge is 2.13. The van der Waals surface area contributed by atoms with E-state index in [1.807, 2.05) is 26.1 Å². The highest BCUT2D eigenvalue weighted by atomic mass is 16.5. The first-order chi connectivity index (χ1) is 9.91. The van der Waals surface area contributed by atoms with E-state index < -0.39 is 0 Å². The van der Waals surface area contributed by atoms with Gasteiger partial charge >= 0.3 is 0 Å². The Morgan fingerprint density at radius 1 is 1.19 bits per heavy atom. The Labute approximate surface area is 126 Å². The van der Waals surface area contributed by atoms with Crippen LogP contribution in [0.15, 0.2) is 24.3 Å². The van der Waals surface area contributed by atoms with Crippen LogP contribution in [0.25, 0.3) is 0 Å². The lowest BCUT2D eigenvalue weighted by molar-refractivity contribution is 0.299. The fourth-order valence-electron chi connectivity index (χ4n) is 2.24. The molecule has 0 aliphatic rings. The highest BCUT2D eigenvalue weighted by molar-refractivity contribution is 5.31. The van der Waals surface area contributed by atoms with E-state index in [0.29, 0.717) is 6.61 Å². The Hall–Kier alpha value is -1.81. The number of benzene rings is 1. The largest absolute Gasteiger partial charge is 0.487 e. The molecule has 2 N–H and O–H groups in total. The summed E-state index contributed by atoms with van der Waals surface area (Å²) in [5.41, 5.74) is 4.70. The van der Waals surface area contributed by atoms with Crippen molar-refractivity contribution >= 4 is 0 Å². The second-order valence-corrected chi connectivity index (χ2v) is 6.37. The Kier molecular flexibility index (Phi) is 4.68. The Bertz CT molecular complexity index is 579. The number of nitrogens with zero attached hydrogens (tertiary/aromatic N) is 1. The molecule has 21 heavy (non-hydrogen) atoms. The average Bonchev–Trinajstić information content (AvgIpc) is 2.78. The van der Waals surface area contributed by atoms with Gasteiger partial charge in [0.15, 0.2) is 0 Å². The van der Waals surface area contributed by atoms with Crippen LogP contribution in [0.4, 0.5) is 0 Å². The summed E-state index contributed by atoms with van der Waals surface area (Å²) in [6.07, 6.45) is 0. The number of ether oxygens (including phenoxy) is 1. The summed E-state index contributed by atoms with van der Waals surface area (Å²) in [6.45, 7) is 9.93. The maximum atomic E-state index is 5.85. The first-order valence-electron chi connectivity index (χ1n) is 7.32. The van der Waals surface area contributed by atoms with Gasteiger partial charge in [0.2, 0.25) is 0 Å². The predicted octanol–water partition coefficient (Wildman–Crippen LogP) is 3.31. The quantitative estimate of drug-likeness (QED) is 0.887. The number of aromatic nitrogens is 2. The van der Waals surface area contributed by atoms with Gasteiger partial charge in [-0.05, 0) is 37.1 Å². The highest BCUT2D eigenvalue weighted by Crippen LogP contribution is 2.24. The minimum Gasteiger partial charge on any atom is -0.487 e. The van der Waals surface area contributed by atoms with Crippen LogP contribution in [0.5, 0.6) is 5.75 Å². The Balaban J connectivity index is 2.03. The van der Waals surface area contributed by atoms with Gasteiger partial charge in [-0.25, -0.2) is 0 Å². The molecule has 0 aliphatic carbocycles. The number of H-pyrrole nitrogens is 1. The maximum absolute atomic E-state index is 5.85. The van der Waals surface area contributed by atoms with Gasteiger partial charge < -0.3 is 10.1 Å². The van der Waals surface area contributed by atoms with Gasteiger partial charge in [0, 0.05) is 17.8 Å². The van der Waals surface area contributed by atoms with E-state index in [4.69, 9.17) is 4.74 Å². The maximum Gasteiger partial charge on any atom is 0.132 e. The van der Waals surface area contributed by atoms with Gasteiger partial charge in [0.05, 0.1) is 0 Å². The summed E-state index contributed by atoms with van der Waals surface area (Å²) in [5.74, 6) is 0.874. The number of aromatic amines is 1. The zero-order valence-electron chi connectivity index (χ0n) is 13.6. The molecule has 0 fully saturated rings. The number of hydrogen-bond acceptors (Lipinski definition) is 3. The van der Waals surface area contributed by atoms with E-state index in [0.717, 1.165) is 23.7 Å². The number of hydrogen-bond donors (Lipinski definition) is 2. The predicted molar refractivity (Wildman–Crippen MR) is 85.6 cm³/mol. The van der Waals surface area contributed by atoms with E-state index >= 15 is 0 Å². The molecule has 1 heterocycles. The van der Waals surface area contributed by atoms with E-state index in [2.05, 4.69) is 48.4 Å². The summed E-state index contributed by atoms with van der Waals surface area (Å²) in [5, 5.41) is 10.5. The van der Waals surface area contributed by atoms with Crippen LogP contribution < -0.4 is 10.1 Å². The Morgan fingerprint density at radius 2 is 1.86 bits per heavy atom.